The number of amides is 2. The van der Waals surface area contributed by atoms with Gasteiger partial charge >= 0.3 is 5.97 Å². The Morgan fingerprint density at radius 3 is 2.71 bits per heavy atom. The van der Waals surface area contributed by atoms with Gasteiger partial charge in [0.25, 0.3) is 0 Å². The van der Waals surface area contributed by atoms with Crippen LogP contribution in [0.4, 0.5) is 0 Å². The Kier molecular flexibility index (Phi) is 9.77. The van der Waals surface area contributed by atoms with E-state index in [1.54, 1.807) is 11.8 Å². The Bertz CT molecular complexity index is 994. The summed E-state index contributed by atoms with van der Waals surface area (Å²) in [6.45, 7) is 3.82. The Morgan fingerprint density at radius 2 is 1.97 bits per heavy atom. The van der Waals surface area contributed by atoms with E-state index in [4.69, 9.17) is 0 Å². The van der Waals surface area contributed by atoms with Gasteiger partial charge in [-0.2, -0.15) is 11.8 Å². The number of thioether (sulfide) groups is 1. The van der Waals surface area contributed by atoms with Crippen molar-refractivity contribution in [3.05, 3.63) is 48.0 Å². The highest BCUT2D eigenvalue weighted by molar-refractivity contribution is 7.98. The molecular formula is C26H35N3O4S. The number of carboxylic acids is 1. The van der Waals surface area contributed by atoms with Gasteiger partial charge in [0.05, 0.1) is 6.54 Å². The van der Waals surface area contributed by atoms with Crippen molar-refractivity contribution >= 4 is 40.3 Å². The molecule has 2 N–H and O–H groups in total. The second-order valence-corrected chi connectivity index (χ2v) is 9.77. The third-order valence-electron chi connectivity index (χ3n) is 6.35. The standard InChI is InChI=1S/C26H35N3O4S/c1-3-25(31)29-14-7-11-21(29)17-28(18-24(30)27-23(26(32)33)13-15-34-2)16-20-10-6-9-19-8-4-5-12-22(19)20/h4-6,8-10,12,21,23H,3,7,11,13-18H2,1-2H3,(H,27,30)(H,32,33)/t21?,23-/m0/s1. The van der Waals surface area contributed by atoms with E-state index in [1.807, 2.05) is 36.3 Å². The fourth-order valence-electron chi connectivity index (χ4n) is 4.65. The maximum Gasteiger partial charge on any atom is 0.326 e. The maximum absolute atomic E-state index is 12.9. The Balaban J connectivity index is 1.79. The van der Waals surface area contributed by atoms with E-state index in [0.717, 1.165) is 35.7 Å². The summed E-state index contributed by atoms with van der Waals surface area (Å²) in [7, 11) is 0. The summed E-state index contributed by atoms with van der Waals surface area (Å²) in [5.74, 6) is -0.522. The highest BCUT2D eigenvalue weighted by Gasteiger charge is 2.30. The van der Waals surface area contributed by atoms with Crippen molar-refractivity contribution in [2.75, 3.05) is 31.6 Å². The predicted molar refractivity (Wildman–Crippen MR) is 137 cm³/mol. The van der Waals surface area contributed by atoms with Crippen molar-refractivity contribution in [3.63, 3.8) is 0 Å². The highest BCUT2D eigenvalue weighted by Crippen LogP contribution is 2.23. The normalized spacial score (nSPS) is 16.7. The van der Waals surface area contributed by atoms with Crippen LogP contribution in [0, 0.1) is 0 Å². The molecule has 8 heteroatoms. The van der Waals surface area contributed by atoms with Crippen LogP contribution in [0.5, 0.6) is 0 Å². The first-order valence-electron chi connectivity index (χ1n) is 11.9. The molecule has 0 saturated carbocycles. The highest BCUT2D eigenvalue weighted by atomic mass is 32.2. The van der Waals surface area contributed by atoms with Crippen LogP contribution in [-0.4, -0.2) is 76.4 Å². The summed E-state index contributed by atoms with van der Waals surface area (Å²) in [6.07, 6.45) is 4.63. The van der Waals surface area contributed by atoms with Crippen molar-refractivity contribution in [2.24, 2.45) is 0 Å². The minimum atomic E-state index is -1.02. The van der Waals surface area contributed by atoms with Crippen LogP contribution in [0.2, 0.25) is 0 Å². The molecule has 1 unspecified atom stereocenters. The van der Waals surface area contributed by atoms with E-state index in [0.29, 0.717) is 31.7 Å². The molecule has 0 radical (unpaired) electrons. The Labute approximate surface area is 205 Å². The van der Waals surface area contributed by atoms with Crippen molar-refractivity contribution in [3.8, 4) is 0 Å². The Hall–Kier alpha value is -2.58. The molecule has 1 heterocycles. The first-order chi connectivity index (χ1) is 16.4. The van der Waals surface area contributed by atoms with Crippen LogP contribution >= 0.6 is 11.8 Å². The van der Waals surface area contributed by atoms with Gasteiger partial charge < -0.3 is 15.3 Å². The van der Waals surface area contributed by atoms with Crippen LogP contribution in [-0.2, 0) is 20.9 Å². The van der Waals surface area contributed by atoms with Crippen LogP contribution in [0.1, 0.15) is 38.2 Å². The molecule has 7 nitrogen and oxygen atoms in total. The average Bonchev–Trinajstić information content (AvgIpc) is 3.29. The number of carbonyl (C=O) groups excluding carboxylic acids is 2. The molecule has 1 aliphatic rings. The van der Waals surface area contributed by atoms with E-state index < -0.39 is 12.0 Å². The van der Waals surface area contributed by atoms with E-state index >= 15 is 0 Å². The lowest BCUT2D eigenvalue weighted by Crippen LogP contribution is -2.48. The number of nitrogens with zero attached hydrogens (tertiary/aromatic N) is 2. The number of hydrogen-bond acceptors (Lipinski definition) is 5. The molecule has 1 aliphatic heterocycles. The SMILES string of the molecule is CCC(=O)N1CCCC1CN(CC(=O)N[C@@H](CCSC)C(=O)O)Cc1cccc2ccccc12. The molecule has 184 valence electrons. The number of aliphatic carboxylic acids is 1. The number of fused-ring (bicyclic) bond motifs is 1. The molecule has 0 aromatic heterocycles. The van der Waals surface area contributed by atoms with Crippen LogP contribution in [0.25, 0.3) is 10.8 Å². The molecule has 2 aromatic carbocycles. The second kappa shape index (κ2) is 12.8. The number of carboxylic acid groups (broad SMARTS) is 1. The van der Waals surface area contributed by atoms with Gasteiger partial charge in [0.1, 0.15) is 6.04 Å². The lowest BCUT2D eigenvalue weighted by Gasteiger charge is -2.31. The topological polar surface area (TPSA) is 90.0 Å². The fourth-order valence-corrected chi connectivity index (χ4v) is 5.12. The molecule has 3 rings (SSSR count). The van der Waals surface area contributed by atoms with Gasteiger partial charge in [-0.15, -0.1) is 0 Å². The number of carbonyl (C=O) groups is 3. The molecule has 0 aliphatic carbocycles. The number of nitrogens with one attached hydrogen (secondary N) is 1. The zero-order valence-electron chi connectivity index (χ0n) is 20.0. The molecule has 2 aromatic rings. The average molecular weight is 486 g/mol. The van der Waals surface area contributed by atoms with E-state index in [2.05, 4.69) is 34.5 Å². The van der Waals surface area contributed by atoms with Gasteiger partial charge in [-0.3, -0.25) is 14.5 Å². The second-order valence-electron chi connectivity index (χ2n) is 8.78. The molecule has 2 atom stereocenters. The number of hydrogen-bond donors (Lipinski definition) is 2. The minimum absolute atomic E-state index is 0.0574. The zero-order chi connectivity index (χ0) is 24.5. The van der Waals surface area contributed by atoms with Gasteiger partial charge in [0, 0.05) is 32.1 Å². The molecule has 1 fully saturated rings. The predicted octanol–water partition coefficient (Wildman–Crippen LogP) is 3.37. The lowest BCUT2D eigenvalue weighted by atomic mass is 10.0. The zero-order valence-corrected chi connectivity index (χ0v) is 20.9. The van der Waals surface area contributed by atoms with Crippen molar-refractivity contribution in [1.29, 1.82) is 0 Å². The van der Waals surface area contributed by atoms with Crippen molar-refractivity contribution < 1.29 is 19.5 Å². The quantitative estimate of drug-likeness (QED) is 0.479. The van der Waals surface area contributed by atoms with Crippen molar-refractivity contribution in [2.45, 2.75) is 51.2 Å². The smallest absolute Gasteiger partial charge is 0.326 e. The summed E-state index contributed by atoms with van der Waals surface area (Å²) < 4.78 is 0. The van der Waals surface area contributed by atoms with Crippen molar-refractivity contribution in [1.82, 2.24) is 15.1 Å². The fraction of sp³-hybridized carbons (Fsp3) is 0.500. The number of benzene rings is 2. The Morgan fingerprint density at radius 1 is 1.21 bits per heavy atom. The molecule has 34 heavy (non-hydrogen) atoms. The first-order valence-corrected chi connectivity index (χ1v) is 13.3. The van der Waals surface area contributed by atoms with Gasteiger partial charge in [-0.25, -0.2) is 4.79 Å². The third kappa shape index (κ3) is 6.96. The van der Waals surface area contributed by atoms with Gasteiger partial charge in [0.2, 0.25) is 11.8 Å². The molecule has 2 amide bonds. The minimum Gasteiger partial charge on any atom is -0.480 e. The molecule has 0 spiro atoms. The largest absolute Gasteiger partial charge is 0.480 e. The summed E-state index contributed by atoms with van der Waals surface area (Å²) in [5.41, 5.74) is 1.11. The van der Waals surface area contributed by atoms with E-state index in [1.165, 1.54) is 0 Å². The summed E-state index contributed by atoms with van der Waals surface area (Å²) in [5, 5.41) is 14.5. The summed E-state index contributed by atoms with van der Waals surface area (Å²) in [4.78, 5) is 41.0. The third-order valence-corrected chi connectivity index (χ3v) is 7.00. The van der Waals surface area contributed by atoms with Crippen LogP contribution in [0.3, 0.4) is 0 Å². The van der Waals surface area contributed by atoms with Gasteiger partial charge in [-0.1, -0.05) is 49.4 Å². The van der Waals surface area contributed by atoms with Crippen LogP contribution in [0.15, 0.2) is 42.5 Å². The molecular weight excluding hydrogens is 450 g/mol. The summed E-state index contributed by atoms with van der Waals surface area (Å²) in [6, 6.07) is 13.5. The van der Waals surface area contributed by atoms with Crippen LogP contribution < -0.4 is 5.32 Å². The van der Waals surface area contributed by atoms with E-state index in [9.17, 15) is 19.5 Å². The molecule has 0 bridgehead atoms. The monoisotopic (exact) mass is 485 g/mol. The number of rotatable bonds is 12. The van der Waals surface area contributed by atoms with E-state index in [-0.39, 0.29) is 24.4 Å². The maximum atomic E-state index is 12.9. The first kappa shape index (κ1) is 26.0. The summed E-state index contributed by atoms with van der Waals surface area (Å²) >= 11 is 1.56. The lowest BCUT2D eigenvalue weighted by molar-refractivity contribution is -0.142. The van der Waals surface area contributed by atoms with Gasteiger partial charge in [-0.05, 0) is 47.6 Å². The molecule has 1 saturated heterocycles. The van der Waals surface area contributed by atoms with Gasteiger partial charge in [0.15, 0.2) is 0 Å². The number of likely N-dealkylation sites (tertiary alicyclic amines) is 1.